The number of hydrogen-bond acceptors (Lipinski definition) is 6. The SMILES string of the molecule is CCOc1ccc(-c2nc(SCC(=O)Nc3ccc(Cl)cc3)n3[nH]c(=O)cc3n2)cc1. The lowest BCUT2D eigenvalue weighted by molar-refractivity contribution is -0.113. The van der Waals surface area contributed by atoms with Gasteiger partial charge in [-0.15, -0.1) is 0 Å². The summed E-state index contributed by atoms with van der Waals surface area (Å²) in [5, 5.41) is 6.50. The minimum absolute atomic E-state index is 0.0949. The third-order valence-corrected chi connectivity index (χ3v) is 5.40. The van der Waals surface area contributed by atoms with Crippen LogP contribution in [0.4, 0.5) is 5.69 Å². The number of nitrogens with one attached hydrogen (secondary N) is 2. The average Bonchev–Trinajstić information content (AvgIpc) is 3.14. The van der Waals surface area contributed by atoms with Crippen LogP contribution in [0.3, 0.4) is 0 Å². The first-order chi connectivity index (χ1) is 15.0. The van der Waals surface area contributed by atoms with Crippen molar-refractivity contribution in [2.24, 2.45) is 0 Å². The van der Waals surface area contributed by atoms with E-state index in [1.807, 2.05) is 31.2 Å². The van der Waals surface area contributed by atoms with Crippen molar-refractivity contribution in [3.05, 3.63) is 70.0 Å². The van der Waals surface area contributed by atoms with Gasteiger partial charge < -0.3 is 10.1 Å². The van der Waals surface area contributed by atoms with Crippen LogP contribution in [-0.4, -0.2) is 37.8 Å². The van der Waals surface area contributed by atoms with Crippen LogP contribution in [-0.2, 0) is 4.79 Å². The molecule has 4 rings (SSSR count). The zero-order valence-electron chi connectivity index (χ0n) is 16.5. The highest BCUT2D eigenvalue weighted by Crippen LogP contribution is 2.24. The van der Waals surface area contributed by atoms with E-state index in [2.05, 4.69) is 20.4 Å². The molecule has 2 N–H and O–H groups in total. The van der Waals surface area contributed by atoms with Crippen LogP contribution in [0.5, 0.6) is 5.75 Å². The Bertz CT molecular complexity index is 1270. The van der Waals surface area contributed by atoms with E-state index in [1.165, 1.54) is 22.3 Å². The molecule has 158 valence electrons. The van der Waals surface area contributed by atoms with Gasteiger partial charge in [-0.2, -0.15) is 0 Å². The second-order valence-electron chi connectivity index (χ2n) is 6.44. The number of ether oxygens (including phenoxy) is 1. The lowest BCUT2D eigenvalue weighted by Gasteiger charge is -2.09. The van der Waals surface area contributed by atoms with Crippen molar-refractivity contribution in [1.29, 1.82) is 0 Å². The molecular weight excluding hydrogens is 438 g/mol. The van der Waals surface area contributed by atoms with Gasteiger partial charge in [0.25, 0.3) is 5.56 Å². The summed E-state index contributed by atoms with van der Waals surface area (Å²) in [7, 11) is 0. The number of amides is 1. The number of rotatable bonds is 7. The Morgan fingerprint density at radius 2 is 1.90 bits per heavy atom. The topological polar surface area (TPSA) is 101 Å². The summed E-state index contributed by atoms with van der Waals surface area (Å²) in [6.45, 7) is 2.49. The maximum atomic E-state index is 12.4. The van der Waals surface area contributed by atoms with Crippen molar-refractivity contribution >= 4 is 40.6 Å². The van der Waals surface area contributed by atoms with Crippen LogP contribution in [0.25, 0.3) is 17.0 Å². The standard InChI is InChI=1S/C21H18ClN5O3S/c1-2-30-16-9-3-13(4-10-16)20-24-17-11-18(28)26-27(17)21(25-20)31-12-19(29)23-15-7-5-14(22)6-8-15/h3-11H,2,12H2,1H3,(H,23,29)(H,26,28). The molecule has 0 aliphatic carbocycles. The first-order valence-corrected chi connectivity index (χ1v) is 10.8. The minimum atomic E-state index is -0.300. The summed E-state index contributed by atoms with van der Waals surface area (Å²) >= 11 is 7.06. The number of thioether (sulfide) groups is 1. The Morgan fingerprint density at radius 1 is 1.16 bits per heavy atom. The van der Waals surface area contributed by atoms with E-state index in [-0.39, 0.29) is 17.2 Å². The van der Waals surface area contributed by atoms with Crippen LogP contribution in [0.1, 0.15) is 6.92 Å². The number of halogens is 1. The van der Waals surface area contributed by atoms with E-state index in [0.717, 1.165) is 11.3 Å². The molecule has 2 aromatic carbocycles. The Hall–Kier alpha value is -3.30. The van der Waals surface area contributed by atoms with Crippen molar-refractivity contribution in [1.82, 2.24) is 19.6 Å². The highest BCUT2D eigenvalue weighted by Gasteiger charge is 2.13. The molecule has 0 aliphatic heterocycles. The van der Waals surface area contributed by atoms with Gasteiger partial charge in [-0.3, -0.25) is 14.7 Å². The van der Waals surface area contributed by atoms with Crippen molar-refractivity contribution in [2.45, 2.75) is 12.1 Å². The summed E-state index contributed by atoms with van der Waals surface area (Å²) in [4.78, 5) is 33.2. The van der Waals surface area contributed by atoms with Gasteiger partial charge in [-0.25, -0.2) is 14.5 Å². The lowest BCUT2D eigenvalue weighted by Crippen LogP contribution is -2.15. The Kier molecular flexibility index (Phi) is 6.24. The highest BCUT2D eigenvalue weighted by molar-refractivity contribution is 7.99. The van der Waals surface area contributed by atoms with Crippen LogP contribution in [0, 0.1) is 0 Å². The zero-order chi connectivity index (χ0) is 21.8. The molecule has 8 nitrogen and oxygen atoms in total. The van der Waals surface area contributed by atoms with E-state index in [9.17, 15) is 9.59 Å². The number of H-pyrrole nitrogens is 1. The Balaban J connectivity index is 1.56. The molecule has 0 saturated carbocycles. The second-order valence-corrected chi connectivity index (χ2v) is 7.82. The van der Waals surface area contributed by atoms with E-state index in [1.54, 1.807) is 24.3 Å². The maximum Gasteiger partial charge on any atom is 0.266 e. The normalized spacial score (nSPS) is 10.9. The van der Waals surface area contributed by atoms with Crippen LogP contribution < -0.4 is 15.6 Å². The number of carbonyl (C=O) groups is 1. The van der Waals surface area contributed by atoms with E-state index in [0.29, 0.717) is 33.9 Å². The maximum absolute atomic E-state index is 12.4. The third-order valence-electron chi connectivity index (χ3n) is 4.21. The summed E-state index contributed by atoms with van der Waals surface area (Å²) in [5.74, 6) is 1.08. The number of fused-ring (bicyclic) bond motifs is 1. The summed E-state index contributed by atoms with van der Waals surface area (Å²) in [6.07, 6.45) is 0. The monoisotopic (exact) mass is 455 g/mol. The number of aromatic amines is 1. The Morgan fingerprint density at radius 3 is 2.61 bits per heavy atom. The first-order valence-electron chi connectivity index (χ1n) is 9.43. The van der Waals surface area contributed by atoms with Crippen molar-refractivity contribution in [3.63, 3.8) is 0 Å². The fraction of sp³-hybridized carbons (Fsp3) is 0.143. The molecule has 0 fully saturated rings. The molecule has 2 heterocycles. The van der Waals surface area contributed by atoms with Crippen molar-refractivity contribution in [2.75, 3.05) is 17.7 Å². The Labute approximate surface area is 186 Å². The van der Waals surface area contributed by atoms with Crippen LogP contribution in [0.2, 0.25) is 5.02 Å². The number of nitrogens with zero attached hydrogens (tertiary/aromatic N) is 3. The predicted octanol–water partition coefficient (Wildman–Crippen LogP) is 3.87. The molecular formula is C21H18ClN5O3S. The van der Waals surface area contributed by atoms with Gasteiger partial charge in [0.05, 0.1) is 12.4 Å². The van der Waals surface area contributed by atoms with Gasteiger partial charge in [0.15, 0.2) is 16.6 Å². The highest BCUT2D eigenvalue weighted by atomic mass is 35.5. The zero-order valence-corrected chi connectivity index (χ0v) is 18.0. The van der Waals surface area contributed by atoms with E-state index >= 15 is 0 Å². The number of anilines is 1. The summed E-state index contributed by atoms with van der Waals surface area (Å²) in [6, 6.07) is 15.6. The molecule has 1 amide bonds. The van der Waals surface area contributed by atoms with E-state index in [4.69, 9.17) is 16.3 Å². The van der Waals surface area contributed by atoms with Crippen LogP contribution in [0.15, 0.2) is 64.5 Å². The molecule has 10 heteroatoms. The lowest BCUT2D eigenvalue weighted by atomic mass is 10.2. The van der Waals surface area contributed by atoms with Gasteiger partial charge in [0.1, 0.15) is 5.75 Å². The third kappa shape index (κ3) is 5.07. The fourth-order valence-electron chi connectivity index (χ4n) is 2.84. The number of benzene rings is 2. The van der Waals surface area contributed by atoms with E-state index < -0.39 is 0 Å². The van der Waals surface area contributed by atoms with Gasteiger partial charge in [0, 0.05) is 22.3 Å². The van der Waals surface area contributed by atoms with Crippen molar-refractivity contribution < 1.29 is 9.53 Å². The fourth-order valence-corrected chi connectivity index (χ4v) is 3.71. The molecule has 0 spiro atoms. The predicted molar refractivity (Wildman–Crippen MR) is 121 cm³/mol. The average molecular weight is 456 g/mol. The largest absolute Gasteiger partial charge is 0.494 e. The summed E-state index contributed by atoms with van der Waals surface area (Å²) < 4.78 is 6.94. The smallest absolute Gasteiger partial charge is 0.266 e. The quantitative estimate of drug-likeness (QED) is 0.410. The van der Waals surface area contributed by atoms with Crippen LogP contribution >= 0.6 is 23.4 Å². The van der Waals surface area contributed by atoms with Crippen molar-refractivity contribution in [3.8, 4) is 17.1 Å². The molecule has 4 aromatic rings. The molecule has 0 saturated heterocycles. The van der Waals surface area contributed by atoms with Gasteiger partial charge >= 0.3 is 0 Å². The molecule has 2 aromatic heterocycles. The molecule has 0 bridgehead atoms. The number of hydrogen-bond donors (Lipinski definition) is 2. The number of aromatic nitrogens is 4. The molecule has 0 atom stereocenters. The minimum Gasteiger partial charge on any atom is -0.494 e. The van der Waals surface area contributed by atoms with Gasteiger partial charge in [-0.1, -0.05) is 23.4 Å². The summed E-state index contributed by atoms with van der Waals surface area (Å²) in [5.41, 5.74) is 1.54. The first kappa shape index (κ1) is 21.0. The molecule has 0 aliphatic rings. The van der Waals surface area contributed by atoms with Gasteiger partial charge in [0.2, 0.25) is 5.91 Å². The molecule has 31 heavy (non-hydrogen) atoms. The molecule has 0 radical (unpaired) electrons. The second kappa shape index (κ2) is 9.23. The molecule has 0 unspecified atom stereocenters. The number of carbonyl (C=O) groups excluding carboxylic acids is 1. The van der Waals surface area contributed by atoms with Gasteiger partial charge in [-0.05, 0) is 55.5 Å².